The topological polar surface area (TPSA) is 75.4 Å². The van der Waals surface area contributed by atoms with Crippen LogP contribution in [0, 0.1) is 5.92 Å². The summed E-state index contributed by atoms with van der Waals surface area (Å²) in [6.45, 7) is 4.12. The molecule has 1 amide bonds. The number of aliphatic hydroxyl groups is 1. The number of rotatable bonds is 4. The molecule has 2 rings (SSSR count). The van der Waals surface area contributed by atoms with Gasteiger partial charge in [0, 0.05) is 30.6 Å². The van der Waals surface area contributed by atoms with Crippen LogP contribution in [0.4, 0.5) is 0 Å². The largest absolute Gasteiger partial charge is 0.396 e. The van der Waals surface area contributed by atoms with E-state index in [1.54, 1.807) is 6.07 Å². The van der Waals surface area contributed by atoms with Gasteiger partial charge in [0.1, 0.15) is 5.76 Å². The van der Waals surface area contributed by atoms with E-state index in [0.717, 1.165) is 31.4 Å². The minimum Gasteiger partial charge on any atom is -0.396 e. The number of amides is 1. The van der Waals surface area contributed by atoms with Gasteiger partial charge in [-0.3, -0.25) is 4.79 Å². The highest BCUT2D eigenvalue weighted by Gasteiger charge is 2.26. The van der Waals surface area contributed by atoms with Crippen molar-refractivity contribution in [2.45, 2.75) is 57.9 Å². The molecule has 0 bridgehead atoms. The summed E-state index contributed by atoms with van der Waals surface area (Å²) in [5, 5.41) is 16.3. The van der Waals surface area contributed by atoms with Crippen molar-refractivity contribution in [1.29, 1.82) is 0 Å². The minimum absolute atomic E-state index is 0.0363. The molecule has 1 heterocycles. The first-order chi connectivity index (χ1) is 9.61. The number of hydrogen-bond donors (Lipinski definition) is 2. The average molecular weight is 280 g/mol. The molecule has 1 aromatic heterocycles. The highest BCUT2D eigenvalue weighted by atomic mass is 16.5. The number of nitrogens with one attached hydrogen (secondary N) is 1. The SMILES string of the molecule is CC(C)c1cc(C(=O)N[C@H]2CCCCC[C@@H]2CO)no1. The van der Waals surface area contributed by atoms with Gasteiger partial charge in [-0.25, -0.2) is 0 Å². The van der Waals surface area contributed by atoms with Crippen molar-refractivity contribution < 1.29 is 14.4 Å². The van der Waals surface area contributed by atoms with Crippen molar-refractivity contribution in [2.24, 2.45) is 5.92 Å². The van der Waals surface area contributed by atoms with Gasteiger partial charge >= 0.3 is 0 Å². The maximum absolute atomic E-state index is 12.2. The van der Waals surface area contributed by atoms with Crippen LogP contribution in [0.1, 0.15) is 68.1 Å². The number of nitrogens with zero attached hydrogens (tertiary/aromatic N) is 1. The predicted molar refractivity (Wildman–Crippen MR) is 75.5 cm³/mol. The van der Waals surface area contributed by atoms with Crippen LogP contribution in [0.15, 0.2) is 10.6 Å². The molecule has 2 atom stereocenters. The fourth-order valence-corrected chi connectivity index (χ4v) is 2.70. The Hall–Kier alpha value is -1.36. The van der Waals surface area contributed by atoms with E-state index in [1.165, 1.54) is 6.42 Å². The highest BCUT2D eigenvalue weighted by molar-refractivity contribution is 5.92. The molecule has 112 valence electrons. The third-order valence-corrected chi connectivity index (χ3v) is 4.04. The fraction of sp³-hybridized carbons (Fsp3) is 0.733. The Morgan fingerprint density at radius 1 is 1.45 bits per heavy atom. The molecule has 1 aliphatic carbocycles. The first kappa shape index (κ1) is 15.0. The zero-order chi connectivity index (χ0) is 14.5. The number of aromatic nitrogens is 1. The molecule has 1 aromatic rings. The van der Waals surface area contributed by atoms with Crippen LogP contribution in [0.5, 0.6) is 0 Å². The molecular weight excluding hydrogens is 256 g/mol. The van der Waals surface area contributed by atoms with Gasteiger partial charge in [-0.2, -0.15) is 0 Å². The lowest BCUT2D eigenvalue weighted by Gasteiger charge is -2.23. The molecule has 0 radical (unpaired) electrons. The van der Waals surface area contributed by atoms with Crippen LogP contribution in [0.3, 0.4) is 0 Å². The summed E-state index contributed by atoms with van der Waals surface area (Å²) < 4.78 is 5.15. The Bertz CT molecular complexity index is 442. The second kappa shape index (κ2) is 6.88. The molecule has 0 saturated heterocycles. The Balaban J connectivity index is 2.01. The average Bonchev–Trinajstić information content (AvgIpc) is 2.82. The van der Waals surface area contributed by atoms with E-state index < -0.39 is 0 Å². The van der Waals surface area contributed by atoms with Gasteiger partial charge in [-0.05, 0) is 12.8 Å². The van der Waals surface area contributed by atoms with Crippen LogP contribution < -0.4 is 5.32 Å². The molecule has 1 aliphatic rings. The number of carbonyl (C=O) groups is 1. The number of aliphatic hydroxyl groups excluding tert-OH is 1. The van der Waals surface area contributed by atoms with Crippen molar-refractivity contribution in [1.82, 2.24) is 10.5 Å². The Morgan fingerprint density at radius 2 is 2.20 bits per heavy atom. The standard InChI is InChI=1S/C15H24N2O3/c1-10(2)14-8-13(17-20-14)15(19)16-12-7-5-3-4-6-11(12)9-18/h8,10-12,18H,3-7,9H2,1-2H3,(H,16,19)/t11-,12+/m1/s1. The van der Waals surface area contributed by atoms with E-state index in [2.05, 4.69) is 10.5 Å². The fourth-order valence-electron chi connectivity index (χ4n) is 2.70. The molecular formula is C15H24N2O3. The number of carbonyl (C=O) groups excluding carboxylic acids is 1. The van der Waals surface area contributed by atoms with Crippen LogP contribution in [-0.2, 0) is 0 Å². The molecule has 0 aromatic carbocycles. The molecule has 5 nitrogen and oxygen atoms in total. The van der Waals surface area contributed by atoms with E-state index in [-0.39, 0.29) is 30.4 Å². The van der Waals surface area contributed by atoms with Crippen LogP contribution >= 0.6 is 0 Å². The Morgan fingerprint density at radius 3 is 2.85 bits per heavy atom. The summed E-state index contributed by atoms with van der Waals surface area (Å²) in [6.07, 6.45) is 5.28. The monoisotopic (exact) mass is 280 g/mol. The molecule has 1 saturated carbocycles. The van der Waals surface area contributed by atoms with E-state index in [0.29, 0.717) is 5.69 Å². The molecule has 0 aliphatic heterocycles. The van der Waals surface area contributed by atoms with E-state index in [1.807, 2.05) is 13.8 Å². The minimum atomic E-state index is -0.203. The van der Waals surface area contributed by atoms with Crippen molar-refractivity contribution in [3.05, 3.63) is 17.5 Å². The van der Waals surface area contributed by atoms with Gasteiger partial charge in [-0.15, -0.1) is 0 Å². The highest BCUT2D eigenvalue weighted by Crippen LogP contribution is 2.23. The summed E-state index contributed by atoms with van der Waals surface area (Å²) >= 11 is 0. The van der Waals surface area contributed by atoms with Crippen molar-refractivity contribution >= 4 is 5.91 Å². The van der Waals surface area contributed by atoms with Crippen LogP contribution in [-0.4, -0.2) is 28.8 Å². The molecule has 20 heavy (non-hydrogen) atoms. The lowest BCUT2D eigenvalue weighted by atomic mass is 9.95. The second-order valence-corrected chi connectivity index (χ2v) is 5.93. The Kier molecular flexibility index (Phi) is 5.17. The summed E-state index contributed by atoms with van der Waals surface area (Å²) in [7, 11) is 0. The number of hydrogen-bond acceptors (Lipinski definition) is 4. The van der Waals surface area contributed by atoms with Gasteiger partial charge in [0.15, 0.2) is 5.69 Å². The molecule has 2 N–H and O–H groups in total. The first-order valence-corrected chi connectivity index (χ1v) is 7.50. The third kappa shape index (κ3) is 3.60. The molecule has 1 fully saturated rings. The van der Waals surface area contributed by atoms with Crippen molar-refractivity contribution in [3.63, 3.8) is 0 Å². The van der Waals surface area contributed by atoms with E-state index in [9.17, 15) is 9.90 Å². The lowest BCUT2D eigenvalue weighted by Crippen LogP contribution is -2.41. The summed E-state index contributed by atoms with van der Waals surface area (Å²) in [5.74, 6) is 0.880. The van der Waals surface area contributed by atoms with Gasteiger partial charge in [0.25, 0.3) is 5.91 Å². The summed E-state index contributed by atoms with van der Waals surface area (Å²) in [5.41, 5.74) is 0.328. The quantitative estimate of drug-likeness (QED) is 0.831. The summed E-state index contributed by atoms with van der Waals surface area (Å²) in [6, 6.07) is 1.74. The van der Waals surface area contributed by atoms with E-state index in [4.69, 9.17) is 4.52 Å². The van der Waals surface area contributed by atoms with Crippen molar-refractivity contribution in [3.8, 4) is 0 Å². The molecule has 0 unspecified atom stereocenters. The lowest BCUT2D eigenvalue weighted by molar-refractivity contribution is 0.0890. The van der Waals surface area contributed by atoms with Gasteiger partial charge < -0.3 is 14.9 Å². The maximum atomic E-state index is 12.2. The first-order valence-electron chi connectivity index (χ1n) is 7.50. The smallest absolute Gasteiger partial charge is 0.273 e. The van der Waals surface area contributed by atoms with Crippen LogP contribution in [0.25, 0.3) is 0 Å². The van der Waals surface area contributed by atoms with Gasteiger partial charge in [0.2, 0.25) is 0 Å². The molecule has 0 spiro atoms. The Labute approximate surface area is 119 Å². The molecule has 5 heteroatoms. The second-order valence-electron chi connectivity index (χ2n) is 5.93. The van der Waals surface area contributed by atoms with Crippen molar-refractivity contribution in [2.75, 3.05) is 6.61 Å². The third-order valence-electron chi connectivity index (χ3n) is 4.04. The van der Waals surface area contributed by atoms with Crippen LogP contribution in [0.2, 0.25) is 0 Å². The maximum Gasteiger partial charge on any atom is 0.273 e. The van der Waals surface area contributed by atoms with Gasteiger partial charge in [0.05, 0.1) is 0 Å². The van der Waals surface area contributed by atoms with Gasteiger partial charge in [-0.1, -0.05) is 38.3 Å². The zero-order valence-corrected chi connectivity index (χ0v) is 12.3. The normalized spacial score (nSPS) is 23.6. The predicted octanol–water partition coefficient (Wildman–Crippen LogP) is 2.47. The zero-order valence-electron chi connectivity index (χ0n) is 12.3. The van der Waals surface area contributed by atoms with E-state index >= 15 is 0 Å². The summed E-state index contributed by atoms with van der Waals surface area (Å²) in [4.78, 5) is 12.2.